The van der Waals surface area contributed by atoms with E-state index in [0.717, 1.165) is 18.2 Å². The van der Waals surface area contributed by atoms with Crippen LogP contribution >= 0.6 is 11.6 Å². The van der Waals surface area contributed by atoms with E-state index in [1.807, 2.05) is 0 Å². The van der Waals surface area contributed by atoms with E-state index >= 15 is 0 Å². The molecule has 0 radical (unpaired) electrons. The molecule has 0 spiro atoms. The zero-order valence-electron chi connectivity index (χ0n) is 11.0. The summed E-state index contributed by atoms with van der Waals surface area (Å²) in [5.74, 6) is -1.96. The van der Waals surface area contributed by atoms with E-state index in [-0.39, 0.29) is 10.5 Å². The standard InChI is InChI=1S/C15H11ClF2O2S/c1-9(15(19)10-3-2-4-11(16)7-10)21(20)14-8-12(17)5-6-13(14)18/h2-9H,1H3. The molecule has 2 unspecified atom stereocenters. The highest BCUT2D eigenvalue weighted by atomic mass is 35.5. The first-order valence-electron chi connectivity index (χ1n) is 6.05. The summed E-state index contributed by atoms with van der Waals surface area (Å²) in [5, 5.41) is -0.643. The molecule has 0 bridgehead atoms. The maximum Gasteiger partial charge on any atom is 0.178 e. The molecule has 0 aromatic heterocycles. The molecule has 2 aromatic carbocycles. The van der Waals surface area contributed by atoms with Gasteiger partial charge in [0.1, 0.15) is 11.6 Å². The number of ketones is 1. The van der Waals surface area contributed by atoms with Crippen molar-refractivity contribution in [2.24, 2.45) is 0 Å². The van der Waals surface area contributed by atoms with Crippen LogP contribution in [0.5, 0.6) is 0 Å². The van der Waals surface area contributed by atoms with E-state index in [1.54, 1.807) is 12.1 Å². The molecule has 0 aliphatic rings. The van der Waals surface area contributed by atoms with Gasteiger partial charge < -0.3 is 0 Å². The van der Waals surface area contributed by atoms with Crippen LogP contribution in [-0.2, 0) is 10.8 Å². The minimum atomic E-state index is -1.99. The quantitative estimate of drug-likeness (QED) is 0.795. The smallest absolute Gasteiger partial charge is 0.178 e. The number of halogens is 3. The summed E-state index contributed by atoms with van der Waals surface area (Å²) in [6.07, 6.45) is 0. The van der Waals surface area contributed by atoms with Gasteiger partial charge in [-0.2, -0.15) is 0 Å². The van der Waals surface area contributed by atoms with Crippen molar-refractivity contribution in [3.8, 4) is 0 Å². The van der Waals surface area contributed by atoms with Gasteiger partial charge in [-0.15, -0.1) is 0 Å². The fraction of sp³-hybridized carbons (Fsp3) is 0.133. The van der Waals surface area contributed by atoms with Gasteiger partial charge in [-0.3, -0.25) is 9.00 Å². The van der Waals surface area contributed by atoms with Crippen LogP contribution < -0.4 is 0 Å². The summed E-state index contributed by atoms with van der Waals surface area (Å²) in [7, 11) is -1.99. The fourth-order valence-electron chi connectivity index (χ4n) is 1.80. The van der Waals surface area contributed by atoms with Crippen molar-refractivity contribution in [2.75, 3.05) is 0 Å². The highest BCUT2D eigenvalue weighted by Gasteiger charge is 2.25. The zero-order valence-corrected chi connectivity index (χ0v) is 12.5. The van der Waals surface area contributed by atoms with Crippen molar-refractivity contribution < 1.29 is 17.8 Å². The van der Waals surface area contributed by atoms with E-state index in [9.17, 15) is 17.8 Å². The van der Waals surface area contributed by atoms with Crippen LogP contribution in [0.25, 0.3) is 0 Å². The maximum atomic E-state index is 13.6. The van der Waals surface area contributed by atoms with E-state index in [4.69, 9.17) is 11.6 Å². The first kappa shape index (κ1) is 15.8. The summed E-state index contributed by atoms with van der Waals surface area (Å²) in [4.78, 5) is 11.9. The van der Waals surface area contributed by atoms with Crippen LogP contribution in [0.2, 0.25) is 5.02 Å². The Bertz CT molecular complexity index is 719. The number of carbonyl (C=O) groups is 1. The van der Waals surface area contributed by atoms with Crippen LogP contribution in [0.4, 0.5) is 8.78 Å². The minimum absolute atomic E-state index is 0.278. The van der Waals surface area contributed by atoms with E-state index in [2.05, 4.69) is 0 Å². The van der Waals surface area contributed by atoms with Crippen LogP contribution in [0.15, 0.2) is 47.4 Å². The average molecular weight is 329 g/mol. The number of carbonyl (C=O) groups excluding carboxylic acids is 1. The van der Waals surface area contributed by atoms with Gasteiger partial charge in [0, 0.05) is 10.6 Å². The van der Waals surface area contributed by atoms with Crippen LogP contribution in [0.1, 0.15) is 17.3 Å². The van der Waals surface area contributed by atoms with Gasteiger partial charge in [0.25, 0.3) is 0 Å². The van der Waals surface area contributed by atoms with E-state index in [1.165, 1.54) is 19.1 Å². The van der Waals surface area contributed by atoms with Gasteiger partial charge in [-0.1, -0.05) is 23.7 Å². The van der Waals surface area contributed by atoms with Gasteiger partial charge in [0.2, 0.25) is 0 Å². The molecule has 2 atom stereocenters. The summed E-state index contributed by atoms with van der Waals surface area (Å²) < 4.78 is 39.0. The third-order valence-corrected chi connectivity index (χ3v) is 4.75. The summed E-state index contributed by atoms with van der Waals surface area (Å²) >= 11 is 5.80. The van der Waals surface area contributed by atoms with Crippen molar-refractivity contribution in [1.29, 1.82) is 0 Å². The lowest BCUT2D eigenvalue weighted by molar-refractivity contribution is 0.0992. The van der Waals surface area contributed by atoms with Gasteiger partial charge in [-0.25, -0.2) is 8.78 Å². The average Bonchev–Trinajstić information content (AvgIpc) is 2.47. The number of Topliss-reactive ketones (excluding diaryl/α,β-unsaturated/α-hetero) is 1. The molecule has 2 aromatic rings. The third kappa shape index (κ3) is 3.54. The number of hydrogen-bond donors (Lipinski definition) is 0. The monoisotopic (exact) mass is 328 g/mol. The van der Waals surface area contributed by atoms with Gasteiger partial charge in [0.05, 0.1) is 20.9 Å². The van der Waals surface area contributed by atoms with Gasteiger partial charge >= 0.3 is 0 Å². The Balaban J connectivity index is 2.31. The molecule has 110 valence electrons. The molecule has 6 heteroatoms. The summed E-state index contributed by atoms with van der Waals surface area (Å²) in [6.45, 7) is 1.41. The molecule has 0 heterocycles. The van der Waals surface area contributed by atoms with Crippen molar-refractivity contribution in [3.63, 3.8) is 0 Å². The lowest BCUT2D eigenvalue weighted by Gasteiger charge is -2.11. The highest BCUT2D eigenvalue weighted by Crippen LogP contribution is 2.20. The molecule has 0 saturated carbocycles. The Morgan fingerprint density at radius 2 is 1.90 bits per heavy atom. The number of hydrogen-bond acceptors (Lipinski definition) is 2. The summed E-state index contributed by atoms with van der Waals surface area (Å²) in [6, 6.07) is 8.83. The second-order valence-electron chi connectivity index (χ2n) is 4.39. The Morgan fingerprint density at radius 3 is 2.57 bits per heavy atom. The lowest BCUT2D eigenvalue weighted by Crippen LogP contribution is -2.23. The molecular formula is C15H11ClF2O2S. The molecule has 0 aliphatic carbocycles. The molecule has 0 saturated heterocycles. The first-order valence-corrected chi connectivity index (χ1v) is 7.64. The van der Waals surface area contributed by atoms with Gasteiger partial charge in [-0.05, 0) is 37.3 Å². The number of benzene rings is 2. The van der Waals surface area contributed by atoms with Crippen LogP contribution in [0, 0.1) is 11.6 Å². The molecule has 0 fully saturated rings. The highest BCUT2D eigenvalue weighted by molar-refractivity contribution is 7.86. The molecular weight excluding hydrogens is 318 g/mol. The second kappa shape index (κ2) is 6.45. The number of rotatable bonds is 4. The Morgan fingerprint density at radius 1 is 1.19 bits per heavy atom. The molecule has 0 aliphatic heterocycles. The van der Waals surface area contributed by atoms with Crippen molar-refractivity contribution in [1.82, 2.24) is 0 Å². The first-order chi connectivity index (χ1) is 9.90. The fourth-order valence-corrected chi connectivity index (χ4v) is 3.19. The van der Waals surface area contributed by atoms with Crippen LogP contribution in [-0.4, -0.2) is 15.2 Å². The maximum absolute atomic E-state index is 13.6. The van der Waals surface area contributed by atoms with E-state index in [0.29, 0.717) is 5.02 Å². The van der Waals surface area contributed by atoms with E-state index < -0.39 is 33.5 Å². The largest absolute Gasteiger partial charge is 0.293 e. The second-order valence-corrected chi connectivity index (χ2v) is 6.57. The molecule has 21 heavy (non-hydrogen) atoms. The minimum Gasteiger partial charge on any atom is -0.293 e. The Kier molecular flexibility index (Phi) is 4.85. The van der Waals surface area contributed by atoms with Crippen molar-refractivity contribution in [3.05, 3.63) is 64.7 Å². The predicted molar refractivity (Wildman–Crippen MR) is 78.0 cm³/mol. The molecule has 0 N–H and O–H groups in total. The predicted octanol–water partition coefficient (Wildman–Crippen LogP) is 4.00. The zero-order chi connectivity index (χ0) is 15.6. The SMILES string of the molecule is CC(C(=O)c1cccc(Cl)c1)S(=O)c1cc(F)ccc1F. The third-order valence-electron chi connectivity index (χ3n) is 2.91. The Hall–Kier alpha value is -1.59. The lowest BCUT2D eigenvalue weighted by atomic mass is 10.1. The molecule has 2 rings (SSSR count). The van der Waals surface area contributed by atoms with Crippen LogP contribution in [0.3, 0.4) is 0 Å². The van der Waals surface area contributed by atoms with Gasteiger partial charge in [0.15, 0.2) is 5.78 Å². The molecule has 2 nitrogen and oxygen atoms in total. The topological polar surface area (TPSA) is 34.1 Å². The normalized spacial score (nSPS) is 13.7. The Labute approximate surface area is 128 Å². The summed E-state index contributed by atoms with van der Waals surface area (Å²) in [5.41, 5.74) is 0.278. The molecule has 0 amide bonds. The van der Waals surface area contributed by atoms with Crippen molar-refractivity contribution >= 4 is 28.2 Å². The van der Waals surface area contributed by atoms with Crippen molar-refractivity contribution in [2.45, 2.75) is 17.1 Å².